The Morgan fingerprint density at radius 2 is 1.06 bits per heavy atom. The number of ether oxygens (including phenoxy) is 2. The highest BCUT2D eigenvalue weighted by Gasteiger charge is 2.59. The van der Waals surface area contributed by atoms with E-state index in [1.807, 2.05) is 11.8 Å². The fraction of sp³-hybridized carbons (Fsp3) is 0.769. The molecule has 2 N–H and O–H groups in total. The summed E-state index contributed by atoms with van der Waals surface area (Å²) in [5.41, 5.74) is 4.20. The molecule has 2 unspecified atom stereocenters. The van der Waals surface area contributed by atoms with Crippen LogP contribution in [0.2, 0.25) is 22.2 Å². The van der Waals surface area contributed by atoms with Gasteiger partial charge in [0.05, 0.1) is 58.3 Å². The highest BCUT2D eigenvalue weighted by molar-refractivity contribution is 8.17. The second-order valence-corrected chi connectivity index (χ2v) is 34.4. The van der Waals surface area contributed by atoms with E-state index in [-0.39, 0.29) is 24.1 Å². The molecule has 3 aliphatic rings. The zero-order chi connectivity index (χ0) is 47.2. The quantitative estimate of drug-likeness (QED) is 0.0663. The number of rotatable bonds is 27. The van der Waals surface area contributed by atoms with Gasteiger partial charge in [0.2, 0.25) is 0 Å². The van der Waals surface area contributed by atoms with Gasteiger partial charge >= 0.3 is 17.1 Å². The zero-order valence-electron chi connectivity index (χ0n) is 42.1. The van der Waals surface area contributed by atoms with E-state index < -0.39 is 17.1 Å². The number of aliphatic hydroxyl groups excluding tert-OH is 2. The third-order valence-corrected chi connectivity index (χ3v) is 29.6. The zero-order valence-corrected chi connectivity index (χ0v) is 47.4. The van der Waals surface area contributed by atoms with E-state index in [1.165, 1.54) is 75.3 Å². The molecule has 0 aliphatic carbocycles. The van der Waals surface area contributed by atoms with E-state index in [9.17, 15) is 10.2 Å². The van der Waals surface area contributed by atoms with Crippen molar-refractivity contribution < 1.29 is 32.7 Å². The van der Waals surface area contributed by atoms with Gasteiger partial charge in [-0.05, 0) is 83.2 Å². The molecule has 0 radical (unpaired) electrons. The third kappa shape index (κ3) is 18.4. The molecule has 0 saturated carbocycles. The molecule has 2 aromatic rings. The van der Waals surface area contributed by atoms with E-state index in [0.717, 1.165) is 68.5 Å². The van der Waals surface area contributed by atoms with Crippen LogP contribution < -0.4 is 9.47 Å². The Bertz CT molecular complexity index is 1540. The monoisotopic (exact) mass is 1010 g/mol. The minimum Gasteiger partial charge on any atom is -0.494 e. The second kappa shape index (κ2) is 30.4. The molecule has 7 nitrogen and oxygen atoms in total. The van der Waals surface area contributed by atoms with Crippen molar-refractivity contribution in [2.24, 2.45) is 0 Å². The van der Waals surface area contributed by atoms with Crippen LogP contribution in [0, 0.1) is 0 Å². The maximum Gasteiger partial charge on any atom is 0.334 e. The second-order valence-electron chi connectivity index (χ2n) is 19.7. The summed E-state index contributed by atoms with van der Waals surface area (Å²) in [6.45, 7) is 25.4. The van der Waals surface area contributed by atoms with Gasteiger partial charge in [-0.3, -0.25) is 0 Å². The fourth-order valence-corrected chi connectivity index (χ4v) is 26.5. The Kier molecular flexibility index (Phi) is 26.8. The molecule has 6 atom stereocenters. The van der Waals surface area contributed by atoms with Gasteiger partial charge in [0.1, 0.15) is 11.5 Å². The topological polar surface area (TPSA) is 86.6 Å². The van der Waals surface area contributed by atoms with Crippen molar-refractivity contribution >= 4 is 64.2 Å². The minimum atomic E-state index is -2.51. The van der Waals surface area contributed by atoms with Crippen molar-refractivity contribution in [3.63, 3.8) is 0 Å². The lowest BCUT2D eigenvalue weighted by Crippen LogP contribution is -2.64. The molecule has 3 aliphatic heterocycles. The van der Waals surface area contributed by atoms with Crippen molar-refractivity contribution in [1.82, 2.24) is 0 Å². The van der Waals surface area contributed by atoms with Crippen LogP contribution in [0.25, 0.3) is 0 Å². The largest absolute Gasteiger partial charge is 0.494 e. The van der Waals surface area contributed by atoms with Crippen LogP contribution in [0.4, 0.5) is 0 Å². The first-order chi connectivity index (χ1) is 31.3. The van der Waals surface area contributed by atoms with Crippen LogP contribution in [0.1, 0.15) is 170 Å². The molecular weight excluding hydrogens is 921 g/mol. The van der Waals surface area contributed by atoms with Gasteiger partial charge in [-0.15, -0.1) is 47.0 Å². The van der Waals surface area contributed by atoms with Crippen LogP contribution in [0.5, 0.6) is 11.5 Å². The number of hydrogen-bond donors (Lipinski definition) is 2. The van der Waals surface area contributed by atoms with Gasteiger partial charge in [-0.1, -0.05) is 158 Å². The summed E-state index contributed by atoms with van der Waals surface area (Å²) in [7, 11) is -4.97. The average molecular weight is 1010 g/mol. The predicted molar refractivity (Wildman–Crippen MR) is 290 cm³/mol. The fourth-order valence-electron chi connectivity index (χ4n) is 9.07. The first-order valence-electron chi connectivity index (χ1n) is 25.5. The Hall–Kier alpha value is -0.326. The smallest absolute Gasteiger partial charge is 0.334 e. The van der Waals surface area contributed by atoms with Crippen LogP contribution in [-0.4, -0.2) is 85.6 Å². The maximum atomic E-state index is 9.85. The molecule has 0 bridgehead atoms. The first-order valence-corrected chi connectivity index (χ1v) is 33.5. The number of benzene rings is 2. The summed E-state index contributed by atoms with van der Waals surface area (Å²) in [6, 6.07) is 17.1. The van der Waals surface area contributed by atoms with E-state index in [4.69, 9.17) is 22.4 Å². The number of fused-ring (bicyclic) bond motifs is 1. The van der Waals surface area contributed by atoms with Gasteiger partial charge in [-0.25, -0.2) is 0 Å². The molecule has 13 heteroatoms. The maximum absolute atomic E-state index is 9.85. The summed E-state index contributed by atoms with van der Waals surface area (Å²) in [4.78, 5) is 0. The van der Waals surface area contributed by atoms with Crippen molar-refractivity contribution in [1.29, 1.82) is 0 Å². The molecule has 5 rings (SSSR count). The lowest BCUT2D eigenvalue weighted by molar-refractivity contribution is 0.0739. The molecule has 2 aromatic carbocycles. The molecule has 3 saturated heterocycles. The summed E-state index contributed by atoms with van der Waals surface area (Å²) < 4.78 is 34.3. The Morgan fingerprint density at radius 3 is 1.49 bits per heavy atom. The van der Waals surface area contributed by atoms with Gasteiger partial charge < -0.3 is 32.7 Å². The van der Waals surface area contributed by atoms with Crippen LogP contribution >= 0.6 is 47.0 Å². The lowest BCUT2D eigenvalue weighted by atomic mass is 10.1. The van der Waals surface area contributed by atoms with Gasteiger partial charge in [0.25, 0.3) is 0 Å². The number of hydrogen-bond acceptors (Lipinski definition) is 11. The Morgan fingerprint density at radius 1 is 0.615 bits per heavy atom. The van der Waals surface area contributed by atoms with Crippen molar-refractivity contribution in [2.45, 2.75) is 225 Å². The SMILES string of the molecule is CCCCCCCCOc1ccc(CSC2C[C@@H]3O[Si](C(C)C)(C(C)C)O[Si](C(C)C)(C(C)C)OC[C@H]3S2)cc1.CCCCCCCCOc1ccc(CSC2C[C@H](O)[C@@H](CO)S2)cc1. The highest BCUT2D eigenvalue weighted by atomic mass is 32.2. The van der Waals surface area contributed by atoms with E-state index >= 15 is 0 Å². The van der Waals surface area contributed by atoms with Crippen molar-refractivity contribution in [3.8, 4) is 11.5 Å². The lowest BCUT2D eigenvalue weighted by Gasteiger charge is -2.51. The summed E-state index contributed by atoms with van der Waals surface area (Å²) in [5, 5.41) is 19.4. The Labute approximate surface area is 416 Å². The van der Waals surface area contributed by atoms with Crippen LogP contribution in [0.15, 0.2) is 48.5 Å². The molecule has 0 spiro atoms. The number of aliphatic hydroxyl groups is 2. The van der Waals surface area contributed by atoms with Gasteiger partial charge in [0.15, 0.2) is 0 Å². The van der Waals surface area contributed by atoms with Crippen molar-refractivity contribution in [3.05, 3.63) is 59.7 Å². The average Bonchev–Trinajstić information content (AvgIpc) is 3.85. The van der Waals surface area contributed by atoms with Gasteiger partial charge in [-0.2, -0.15) is 0 Å². The molecule has 0 amide bonds. The predicted octanol–water partition coefficient (Wildman–Crippen LogP) is 15.3. The summed E-state index contributed by atoms with van der Waals surface area (Å²) in [6.07, 6.45) is 17.1. The molecular formula is C52H90O7S4Si2. The standard InChI is InChI=1S/C32H58O4S2Si2.C20H32O3S2/c1-10-11-12-13-14-15-20-33-29-18-16-28(17-19-29)23-37-32-21-30-31(38-32)22-34-39(24(2)3,25(4)5)36-40(35-30,26(6)7)27(8)9;1-2-3-4-5-6-7-12-23-17-10-8-16(9-11-17)15-24-20-13-18(22)19(14-21)25-20/h16-19,24-27,30-32H,10-15,20-23H2,1-9H3;8-11,18-22H,2-7,12-15H2,1H3/t30-,31+,32?;18-,19+,20?/m00/s1. The van der Waals surface area contributed by atoms with E-state index in [2.05, 4.69) is 141 Å². The van der Waals surface area contributed by atoms with Gasteiger partial charge in [0, 0.05) is 11.5 Å². The third-order valence-electron chi connectivity index (χ3n) is 13.1. The molecule has 3 fully saturated rings. The normalized spacial score (nSPS) is 23.9. The van der Waals surface area contributed by atoms with Crippen molar-refractivity contribution in [2.75, 3.05) is 26.4 Å². The summed E-state index contributed by atoms with van der Waals surface area (Å²) >= 11 is 7.69. The number of unbranched alkanes of at least 4 members (excludes halogenated alkanes) is 10. The molecule has 0 aromatic heterocycles. The Balaban J connectivity index is 0.000000317. The highest BCUT2D eigenvalue weighted by Crippen LogP contribution is 2.51. The first kappa shape index (κ1) is 57.3. The number of thioether (sulfide) groups is 4. The van der Waals surface area contributed by atoms with E-state index in [0.29, 0.717) is 36.6 Å². The minimum absolute atomic E-state index is 0.0183. The summed E-state index contributed by atoms with van der Waals surface area (Å²) in [5.74, 6) is 3.89. The van der Waals surface area contributed by atoms with Crippen LogP contribution in [-0.2, 0) is 24.5 Å². The molecule has 3 heterocycles. The molecule has 65 heavy (non-hydrogen) atoms. The van der Waals surface area contributed by atoms with E-state index in [1.54, 1.807) is 11.8 Å². The van der Waals surface area contributed by atoms with Crippen LogP contribution in [0.3, 0.4) is 0 Å². The molecule has 372 valence electrons.